The van der Waals surface area contributed by atoms with E-state index in [0.29, 0.717) is 36.3 Å². The molecule has 0 N–H and O–H groups in total. The van der Waals surface area contributed by atoms with Crippen molar-refractivity contribution in [3.8, 4) is 0 Å². The number of esters is 1. The van der Waals surface area contributed by atoms with Crippen LogP contribution in [0.4, 0.5) is 0 Å². The maximum atomic E-state index is 11.7. The topological polar surface area (TPSA) is 43.4 Å². The van der Waals surface area contributed by atoms with Crippen molar-refractivity contribution in [2.75, 3.05) is 12.5 Å². The van der Waals surface area contributed by atoms with Crippen LogP contribution < -0.4 is 0 Å². The summed E-state index contributed by atoms with van der Waals surface area (Å²) in [6, 6.07) is 5.04. The van der Waals surface area contributed by atoms with Crippen molar-refractivity contribution >= 4 is 23.9 Å². The molecule has 0 atom stereocenters. The average molecular weight is 255 g/mol. The molecule has 0 fully saturated rings. The van der Waals surface area contributed by atoms with Crippen molar-refractivity contribution in [2.24, 2.45) is 0 Å². The number of benzene rings is 1. The van der Waals surface area contributed by atoms with Crippen LogP contribution in [0.2, 0.25) is 0 Å². The van der Waals surface area contributed by atoms with Gasteiger partial charge in [0.25, 0.3) is 0 Å². The van der Waals surface area contributed by atoms with Crippen LogP contribution in [0.5, 0.6) is 0 Å². The summed E-state index contributed by atoms with van der Waals surface area (Å²) in [5.41, 5.74) is 1.80. The minimum absolute atomic E-state index is 0.319. The summed E-state index contributed by atoms with van der Waals surface area (Å²) in [5.74, 6) is 0.151. The van der Waals surface area contributed by atoms with Crippen LogP contribution in [0.15, 0.2) is 18.2 Å². The number of ether oxygens (including phenoxy) is 1. The first-order valence-electron chi connectivity index (χ1n) is 5.54. The zero-order chi connectivity index (χ0) is 12.7. The van der Waals surface area contributed by atoms with E-state index in [1.165, 1.54) is 0 Å². The number of aldehydes is 1. The summed E-state index contributed by atoms with van der Waals surface area (Å²) in [4.78, 5) is 22.4. The highest BCUT2D eigenvalue weighted by molar-refractivity contribution is 6.17. The van der Waals surface area contributed by atoms with Crippen molar-refractivity contribution in [3.63, 3.8) is 0 Å². The number of carbonyl (C=O) groups is 2. The van der Waals surface area contributed by atoms with Gasteiger partial charge in [-0.1, -0.05) is 12.1 Å². The highest BCUT2D eigenvalue weighted by Gasteiger charge is 2.12. The molecule has 0 unspecified atom stereocenters. The number of carbonyl (C=O) groups excluding carboxylic acids is 2. The molecule has 3 nitrogen and oxygen atoms in total. The lowest BCUT2D eigenvalue weighted by Gasteiger charge is -2.08. The molecule has 1 rings (SSSR count). The summed E-state index contributed by atoms with van der Waals surface area (Å²) >= 11 is 5.63. The molecule has 0 radical (unpaired) electrons. The van der Waals surface area contributed by atoms with Crippen molar-refractivity contribution in [3.05, 3.63) is 34.9 Å². The summed E-state index contributed by atoms with van der Waals surface area (Å²) in [6.45, 7) is 2.07. The molecule has 0 saturated carbocycles. The average Bonchev–Trinajstić information content (AvgIpc) is 2.36. The third-order valence-electron chi connectivity index (χ3n) is 2.35. The molecule has 0 aromatic heterocycles. The van der Waals surface area contributed by atoms with E-state index < -0.39 is 0 Å². The lowest BCUT2D eigenvalue weighted by Crippen LogP contribution is -2.09. The minimum atomic E-state index is -0.388. The summed E-state index contributed by atoms with van der Waals surface area (Å²) in [7, 11) is 0. The van der Waals surface area contributed by atoms with Crippen LogP contribution in [-0.2, 0) is 11.2 Å². The zero-order valence-electron chi connectivity index (χ0n) is 9.74. The van der Waals surface area contributed by atoms with Crippen LogP contribution >= 0.6 is 11.6 Å². The first-order valence-corrected chi connectivity index (χ1v) is 6.07. The van der Waals surface area contributed by atoms with E-state index in [9.17, 15) is 9.59 Å². The fraction of sp³-hybridized carbons (Fsp3) is 0.385. The van der Waals surface area contributed by atoms with Crippen LogP contribution in [0, 0.1) is 0 Å². The molecule has 1 aromatic carbocycles. The van der Waals surface area contributed by atoms with Crippen LogP contribution in [0.3, 0.4) is 0 Å². The van der Waals surface area contributed by atoms with Crippen molar-refractivity contribution in [2.45, 2.75) is 19.8 Å². The molecule has 17 heavy (non-hydrogen) atoms. The van der Waals surface area contributed by atoms with Crippen molar-refractivity contribution in [1.82, 2.24) is 0 Å². The summed E-state index contributed by atoms with van der Waals surface area (Å²) < 4.78 is 4.96. The van der Waals surface area contributed by atoms with Gasteiger partial charge in [-0.05, 0) is 31.4 Å². The number of alkyl halides is 1. The first kappa shape index (κ1) is 13.7. The fourth-order valence-electron chi connectivity index (χ4n) is 1.54. The van der Waals surface area contributed by atoms with Crippen molar-refractivity contribution < 1.29 is 14.3 Å². The fourth-order valence-corrected chi connectivity index (χ4v) is 1.68. The number of rotatable bonds is 6. The van der Waals surface area contributed by atoms with Gasteiger partial charge in [0, 0.05) is 11.4 Å². The van der Waals surface area contributed by atoms with Gasteiger partial charge in [0.2, 0.25) is 0 Å². The smallest absolute Gasteiger partial charge is 0.338 e. The molecular formula is C13H15ClO3. The molecule has 0 bridgehead atoms. The van der Waals surface area contributed by atoms with Gasteiger partial charge in [-0.15, -0.1) is 11.6 Å². The number of hydrogen-bond donors (Lipinski definition) is 0. The normalized spacial score (nSPS) is 10.0. The second-order valence-corrected chi connectivity index (χ2v) is 3.93. The Morgan fingerprint density at radius 2 is 2.24 bits per heavy atom. The molecule has 0 saturated heterocycles. The highest BCUT2D eigenvalue weighted by atomic mass is 35.5. The molecule has 0 amide bonds. The molecule has 4 heteroatoms. The molecule has 0 aliphatic heterocycles. The van der Waals surface area contributed by atoms with E-state index in [0.717, 1.165) is 12.0 Å². The Bertz CT molecular complexity index is 402. The van der Waals surface area contributed by atoms with Gasteiger partial charge in [-0.2, -0.15) is 0 Å². The molecule has 92 valence electrons. The third kappa shape index (κ3) is 3.86. The third-order valence-corrected chi connectivity index (χ3v) is 2.61. The second kappa shape index (κ2) is 7.07. The van der Waals surface area contributed by atoms with E-state index in [-0.39, 0.29) is 5.97 Å². The molecule has 0 heterocycles. The maximum absolute atomic E-state index is 11.7. The number of aryl methyl sites for hydroxylation is 1. The van der Waals surface area contributed by atoms with Gasteiger partial charge in [-0.25, -0.2) is 4.79 Å². The first-order chi connectivity index (χ1) is 8.22. The largest absolute Gasteiger partial charge is 0.462 e. The monoisotopic (exact) mass is 254 g/mol. The lowest BCUT2D eigenvalue weighted by molar-refractivity contribution is 0.0525. The van der Waals surface area contributed by atoms with Crippen molar-refractivity contribution in [1.29, 1.82) is 0 Å². The lowest BCUT2D eigenvalue weighted by atomic mass is 10.0. The van der Waals surface area contributed by atoms with Crippen LogP contribution in [-0.4, -0.2) is 24.7 Å². The van der Waals surface area contributed by atoms with Gasteiger partial charge in [0.15, 0.2) is 0 Å². The Labute approximate surface area is 106 Å². The van der Waals surface area contributed by atoms with E-state index in [1.807, 2.05) is 0 Å². The zero-order valence-corrected chi connectivity index (χ0v) is 10.5. The van der Waals surface area contributed by atoms with Crippen LogP contribution in [0.25, 0.3) is 0 Å². The number of halogens is 1. The Morgan fingerprint density at radius 3 is 2.82 bits per heavy atom. The molecule has 0 aliphatic carbocycles. The van der Waals surface area contributed by atoms with Gasteiger partial charge in [0.1, 0.15) is 6.29 Å². The molecule has 0 aliphatic rings. The number of hydrogen-bond acceptors (Lipinski definition) is 3. The van der Waals surface area contributed by atoms with Gasteiger partial charge in [-0.3, -0.25) is 4.79 Å². The van der Waals surface area contributed by atoms with E-state index in [4.69, 9.17) is 16.3 Å². The maximum Gasteiger partial charge on any atom is 0.338 e. The van der Waals surface area contributed by atoms with Gasteiger partial charge < -0.3 is 4.74 Å². The summed E-state index contributed by atoms with van der Waals surface area (Å²) in [6.07, 6.45) is 2.21. The quantitative estimate of drug-likeness (QED) is 0.445. The molecule has 1 aromatic rings. The Kier molecular flexibility index (Phi) is 5.70. The highest BCUT2D eigenvalue weighted by Crippen LogP contribution is 2.15. The standard InChI is InChI=1S/C13H15ClO3/c1-2-17-13(16)12-8-10(9-15)5-6-11(12)4-3-7-14/h5-6,8-9H,2-4,7H2,1H3. The minimum Gasteiger partial charge on any atom is -0.462 e. The Morgan fingerprint density at radius 1 is 1.47 bits per heavy atom. The van der Waals surface area contributed by atoms with Crippen LogP contribution in [0.1, 0.15) is 39.6 Å². The van der Waals surface area contributed by atoms with E-state index in [1.54, 1.807) is 25.1 Å². The Hall–Kier alpha value is -1.35. The predicted octanol–water partition coefficient (Wildman–Crippen LogP) is 2.85. The second-order valence-electron chi connectivity index (χ2n) is 3.55. The SMILES string of the molecule is CCOC(=O)c1cc(C=O)ccc1CCCCl. The van der Waals surface area contributed by atoms with Gasteiger partial charge in [0.05, 0.1) is 12.2 Å². The molecular weight excluding hydrogens is 240 g/mol. The van der Waals surface area contributed by atoms with E-state index >= 15 is 0 Å². The predicted molar refractivity (Wildman–Crippen MR) is 66.8 cm³/mol. The Balaban J connectivity index is 3.02. The molecule has 0 spiro atoms. The van der Waals surface area contributed by atoms with E-state index in [2.05, 4.69) is 0 Å². The van der Waals surface area contributed by atoms with Gasteiger partial charge >= 0.3 is 5.97 Å². The summed E-state index contributed by atoms with van der Waals surface area (Å²) in [5, 5.41) is 0.